The number of likely N-dealkylation sites (N-methyl/N-ethyl adjacent to an activating group) is 1. The van der Waals surface area contributed by atoms with Crippen LogP contribution < -0.4 is 0 Å². The van der Waals surface area contributed by atoms with Crippen molar-refractivity contribution in [3.63, 3.8) is 0 Å². The first-order valence-corrected chi connectivity index (χ1v) is 11.9. The highest BCUT2D eigenvalue weighted by Crippen LogP contribution is 2.29. The maximum atomic E-state index is 14.1. The third-order valence-electron chi connectivity index (χ3n) is 6.44. The largest absolute Gasteiger partial charge is 0.337 e. The molecule has 1 atom stereocenters. The second-order valence-corrected chi connectivity index (χ2v) is 9.42. The van der Waals surface area contributed by atoms with Crippen LogP contribution in [0.4, 0.5) is 8.78 Å². The topological polar surface area (TPSA) is 23.6 Å². The highest BCUT2D eigenvalue weighted by Gasteiger charge is 2.32. The van der Waals surface area contributed by atoms with Gasteiger partial charge in [-0.15, -0.1) is 11.3 Å². The van der Waals surface area contributed by atoms with Crippen LogP contribution in [0.1, 0.15) is 33.6 Å². The average molecular weight is 455 g/mol. The Balaban J connectivity index is 1.45. The van der Waals surface area contributed by atoms with E-state index in [1.165, 1.54) is 16.9 Å². The Morgan fingerprint density at radius 3 is 2.50 bits per heavy atom. The van der Waals surface area contributed by atoms with Crippen LogP contribution >= 0.6 is 11.3 Å². The highest BCUT2D eigenvalue weighted by atomic mass is 32.1. The van der Waals surface area contributed by atoms with Gasteiger partial charge < -0.3 is 4.90 Å². The lowest BCUT2D eigenvalue weighted by atomic mass is 9.84. The number of thiophene rings is 1. The second-order valence-electron chi connectivity index (χ2n) is 8.48. The Bertz CT molecular complexity index is 1020. The number of carbonyl (C=O) groups excluding carboxylic acids is 1. The average Bonchev–Trinajstić information content (AvgIpc) is 3.36. The molecule has 0 N–H and O–H groups in total. The Kier molecular flexibility index (Phi) is 7.33. The van der Waals surface area contributed by atoms with Gasteiger partial charge in [-0.1, -0.05) is 48.5 Å². The molecular formula is C26H28F2N2OS. The smallest absolute Gasteiger partial charge is 0.263 e. The van der Waals surface area contributed by atoms with Crippen molar-refractivity contribution >= 4 is 17.2 Å². The van der Waals surface area contributed by atoms with E-state index in [4.69, 9.17) is 0 Å². The molecule has 3 aromatic rings. The zero-order chi connectivity index (χ0) is 22.5. The Morgan fingerprint density at radius 2 is 1.81 bits per heavy atom. The number of benzene rings is 2. The van der Waals surface area contributed by atoms with E-state index in [0.29, 0.717) is 18.0 Å². The van der Waals surface area contributed by atoms with Crippen molar-refractivity contribution in [3.8, 4) is 0 Å². The van der Waals surface area contributed by atoms with Crippen LogP contribution in [-0.4, -0.2) is 41.9 Å². The van der Waals surface area contributed by atoms with E-state index in [2.05, 4.69) is 17.0 Å². The van der Waals surface area contributed by atoms with Crippen molar-refractivity contribution in [2.75, 3.05) is 20.1 Å². The summed E-state index contributed by atoms with van der Waals surface area (Å²) in [5.41, 5.74) is 1.61. The number of likely N-dealkylation sites (tertiary alicyclic amines) is 1. The predicted molar refractivity (Wildman–Crippen MR) is 125 cm³/mol. The Morgan fingerprint density at radius 1 is 1.06 bits per heavy atom. The molecule has 1 aliphatic heterocycles. The van der Waals surface area contributed by atoms with Crippen LogP contribution in [0.2, 0.25) is 0 Å². The molecule has 0 bridgehead atoms. The molecule has 1 aromatic heterocycles. The highest BCUT2D eigenvalue weighted by molar-refractivity contribution is 7.12. The molecule has 3 nitrogen and oxygen atoms in total. The number of hydrogen-bond donors (Lipinski definition) is 0. The molecule has 1 amide bonds. The van der Waals surface area contributed by atoms with E-state index in [0.717, 1.165) is 43.3 Å². The van der Waals surface area contributed by atoms with E-state index in [9.17, 15) is 13.6 Å². The predicted octanol–water partition coefficient (Wildman–Crippen LogP) is 5.62. The van der Waals surface area contributed by atoms with Crippen molar-refractivity contribution in [1.82, 2.24) is 9.80 Å². The first-order chi connectivity index (χ1) is 15.5. The summed E-state index contributed by atoms with van der Waals surface area (Å²) in [5, 5.41) is 1.93. The van der Waals surface area contributed by atoms with Gasteiger partial charge in [-0.2, -0.15) is 0 Å². The zero-order valence-corrected chi connectivity index (χ0v) is 19.0. The van der Waals surface area contributed by atoms with Gasteiger partial charge in [0.15, 0.2) is 11.6 Å². The summed E-state index contributed by atoms with van der Waals surface area (Å²) < 4.78 is 27.6. The number of rotatable bonds is 7. The van der Waals surface area contributed by atoms with Crippen LogP contribution in [0, 0.1) is 17.6 Å². The van der Waals surface area contributed by atoms with E-state index < -0.39 is 11.6 Å². The maximum absolute atomic E-state index is 14.1. The first kappa shape index (κ1) is 22.6. The third-order valence-corrected chi connectivity index (χ3v) is 7.30. The van der Waals surface area contributed by atoms with E-state index >= 15 is 0 Å². The number of halogens is 2. The molecule has 6 heteroatoms. The molecule has 2 heterocycles. The van der Waals surface area contributed by atoms with Gasteiger partial charge in [-0.25, -0.2) is 8.78 Å². The summed E-state index contributed by atoms with van der Waals surface area (Å²) in [5.74, 6) is -1.14. The number of piperidine rings is 1. The van der Waals surface area contributed by atoms with Gasteiger partial charge in [0.05, 0.1) is 4.88 Å². The standard InChI is InChI=1S/C26H28F2N2OS/c1-29(26(31)24-11-6-16-32-24)23(17-19-7-3-2-4-8-19)20-12-14-30(15-13-20)18-21-9-5-10-22(27)25(21)28/h2-11,16,20,23H,12-15,17-18H2,1H3/t23-/m0/s1. The summed E-state index contributed by atoms with van der Waals surface area (Å²) in [6, 6.07) is 18.5. The van der Waals surface area contributed by atoms with Crippen LogP contribution in [0.3, 0.4) is 0 Å². The number of carbonyl (C=O) groups is 1. The van der Waals surface area contributed by atoms with Gasteiger partial charge in [0.1, 0.15) is 0 Å². The summed E-state index contributed by atoms with van der Waals surface area (Å²) >= 11 is 1.47. The Labute approximate surface area is 192 Å². The van der Waals surface area contributed by atoms with Gasteiger partial charge in [-0.3, -0.25) is 9.69 Å². The minimum absolute atomic E-state index is 0.0604. The first-order valence-electron chi connectivity index (χ1n) is 11.0. The van der Waals surface area contributed by atoms with Gasteiger partial charge in [0, 0.05) is 25.2 Å². The maximum Gasteiger partial charge on any atom is 0.263 e. The lowest BCUT2D eigenvalue weighted by molar-refractivity contribution is 0.0588. The summed E-state index contributed by atoms with van der Waals surface area (Å²) in [6.45, 7) is 2.00. The van der Waals surface area contributed by atoms with Gasteiger partial charge >= 0.3 is 0 Å². The van der Waals surface area contributed by atoms with Crippen molar-refractivity contribution in [2.24, 2.45) is 5.92 Å². The number of hydrogen-bond acceptors (Lipinski definition) is 3. The molecule has 1 fully saturated rings. The van der Waals surface area contributed by atoms with Gasteiger partial charge in [-0.05, 0) is 61.3 Å². The fraction of sp³-hybridized carbons (Fsp3) is 0.346. The lowest BCUT2D eigenvalue weighted by Gasteiger charge is -2.40. The quantitative estimate of drug-likeness (QED) is 0.463. The monoisotopic (exact) mass is 454 g/mol. The molecule has 0 saturated carbocycles. The van der Waals surface area contributed by atoms with E-state index in [-0.39, 0.29) is 11.9 Å². The fourth-order valence-electron chi connectivity index (χ4n) is 4.61. The molecule has 1 aliphatic rings. The van der Waals surface area contributed by atoms with Crippen molar-refractivity contribution < 1.29 is 13.6 Å². The molecular weight excluding hydrogens is 426 g/mol. The molecule has 2 aromatic carbocycles. The lowest BCUT2D eigenvalue weighted by Crippen LogP contribution is -2.47. The van der Waals surface area contributed by atoms with Crippen LogP contribution in [-0.2, 0) is 13.0 Å². The SMILES string of the molecule is CN(C(=O)c1cccs1)[C@@H](Cc1ccccc1)C1CCN(Cc2cccc(F)c2F)CC1. The van der Waals surface area contributed by atoms with Gasteiger partial charge in [0.2, 0.25) is 0 Å². The van der Waals surface area contributed by atoms with Crippen molar-refractivity contribution in [2.45, 2.75) is 31.8 Å². The van der Waals surface area contributed by atoms with Crippen LogP contribution in [0.5, 0.6) is 0 Å². The number of nitrogens with zero attached hydrogens (tertiary/aromatic N) is 2. The molecule has 1 saturated heterocycles. The van der Waals surface area contributed by atoms with Gasteiger partial charge in [0.25, 0.3) is 5.91 Å². The summed E-state index contributed by atoms with van der Waals surface area (Å²) in [6.07, 6.45) is 2.63. The fourth-order valence-corrected chi connectivity index (χ4v) is 5.31. The minimum atomic E-state index is -0.797. The Hall–Kier alpha value is -2.57. The van der Waals surface area contributed by atoms with Crippen LogP contribution in [0.25, 0.3) is 0 Å². The molecule has 32 heavy (non-hydrogen) atoms. The van der Waals surface area contributed by atoms with Crippen molar-refractivity contribution in [3.05, 3.63) is 93.7 Å². The molecule has 0 aliphatic carbocycles. The zero-order valence-electron chi connectivity index (χ0n) is 18.2. The number of amides is 1. The molecule has 0 unspecified atom stereocenters. The van der Waals surface area contributed by atoms with Crippen molar-refractivity contribution in [1.29, 1.82) is 0 Å². The molecule has 0 spiro atoms. The summed E-state index contributed by atoms with van der Waals surface area (Å²) in [7, 11) is 1.91. The molecule has 168 valence electrons. The second kappa shape index (κ2) is 10.4. The summed E-state index contributed by atoms with van der Waals surface area (Å²) in [4.78, 5) is 17.9. The minimum Gasteiger partial charge on any atom is -0.337 e. The van der Waals surface area contributed by atoms with E-state index in [1.54, 1.807) is 12.1 Å². The third kappa shape index (κ3) is 5.25. The molecule has 4 rings (SSSR count). The van der Waals surface area contributed by atoms with E-state index in [1.807, 2.05) is 47.7 Å². The normalized spacial score (nSPS) is 16.1. The van der Waals surface area contributed by atoms with Crippen LogP contribution in [0.15, 0.2) is 66.0 Å². The molecule has 0 radical (unpaired) electrons.